The van der Waals surface area contributed by atoms with Crippen molar-refractivity contribution in [3.05, 3.63) is 46.6 Å². The molecule has 0 aliphatic heterocycles. The second-order valence-electron chi connectivity index (χ2n) is 7.63. The highest BCUT2D eigenvalue weighted by Crippen LogP contribution is 2.58. The van der Waals surface area contributed by atoms with Gasteiger partial charge in [0.05, 0.1) is 0 Å². The molecule has 0 aromatic rings. The highest BCUT2D eigenvalue weighted by molar-refractivity contribution is 5.52. The molecule has 0 saturated heterocycles. The fourth-order valence-corrected chi connectivity index (χ4v) is 5.25. The SMILES string of the molecule is C=C1C=C2CCC3=C(CCC4C3=CCC4C)C2(C)CC1. The lowest BCUT2D eigenvalue weighted by molar-refractivity contribution is 0.334. The van der Waals surface area contributed by atoms with E-state index in [-0.39, 0.29) is 0 Å². The quantitative estimate of drug-likeness (QED) is 0.525. The minimum Gasteiger partial charge on any atom is -0.0958 e. The van der Waals surface area contributed by atoms with Crippen LogP contribution in [-0.2, 0) is 0 Å². The van der Waals surface area contributed by atoms with Crippen molar-refractivity contribution < 1.29 is 0 Å². The molecule has 0 nitrogen and oxygen atoms in total. The van der Waals surface area contributed by atoms with E-state index < -0.39 is 0 Å². The second kappa shape index (κ2) is 4.23. The van der Waals surface area contributed by atoms with Gasteiger partial charge in [-0.2, -0.15) is 0 Å². The third-order valence-corrected chi connectivity index (χ3v) is 6.56. The smallest absolute Gasteiger partial charge is 0.0105 e. The summed E-state index contributed by atoms with van der Waals surface area (Å²) in [5.41, 5.74) is 8.73. The van der Waals surface area contributed by atoms with Crippen molar-refractivity contribution in [2.45, 2.75) is 58.8 Å². The van der Waals surface area contributed by atoms with Crippen LogP contribution in [0.4, 0.5) is 0 Å². The molecule has 20 heavy (non-hydrogen) atoms. The maximum Gasteiger partial charge on any atom is 0.0105 e. The van der Waals surface area contributed by atoms with E-state index in [2.05, 4.69) is 32.6 Å². The van der Waals surface area contributed by atoms with Crippen LogP contribution >= 0.6 is 0 Å². The van der Waals surface area contributed by atoms with E-state index >= 15 is 0 Å². The number of rotatable bonds is 0. The van der Waals surface area contributed by atoms with Gasteiger partial charge < -0.3 is 0 Å². The number of hydrogen-bond acceptors (Lipinski definition) is 0. The summed E-state index contributed by atoms with van der Waals surface area (Å²) in [6, 6.07) is 0. The maximum absolute atomic E-state index is 4.20. The Labute approximate surface area is 123 Å². The van der Waals surface area contributed by atoms with Gasteiger partial charge in [0.2, 0.25) is 0 Å². The van der Waals surface area contributed by atoms with Gasteiger partial charge in [0.15, 0.2) is 0 Å². The Morgan fingerprint density at radius 3 is 2.90 bits per heavy atom. The summed E-state index contributed by atoms with van der Waals surface area (Å²) in [5.74, 6) is 1.76. The molecule has 0 amide bonds. The first-order valence-corrected chi connectivity index (χ1v) is 8.41. The molecule has 0 aromatic carbocycles. The third kappa shape index (κ3) is 1.60. The molecule has 0 saturated carbocycles. The van der Waals surface area contributed by atoms with Gasteiger partial charge in [0.25, 0.3) is 0 Å². The standard InChI is InChI=1S/C20H26/c1-13-10-11-20(3)15(12-13)5-7-18-17-6-4-14(2)16(17)8-9-19(18)20/h6,12,14,16H,1,4-5,7-11H2,2-3H3. The zero-order valence-corrected chi connectivity index (χ0v) is 13.0. The van der Waals surface area contributed by atoms with Crippen LogP contribution in [0.15, 0.2) is 46.6 Å². The first kappa shape index (κ1) is 12.7. The van der Waals surface area contributed by atoms with Gasteiger partial charge in [-0.15, -0.1) is 0 Å². The minimum atomic E-state index is 0.367. The van der Waals surface area contributed by atoms with Gasteiger partial charge in [0, 0.05) is 5.41 Å². The van der Waals surface area contributed by atoms with Crippen LogP contribution in [0.3, 0.4) is 0 Å². The van der Waals surface area contributed by atoms with Crippen molar-refractivity contribution in [3.8, 4) is 0 Å². The lowest BCUT2D eigenvalue weighted by atomic mass is 9.58. The molecule has 0 N–H and O–H groups in total. The zero-order valence-electron chi connectivity index (χ0n) is 13.0. The lowest BCUT2D eigenvalue weighted by Gasteiger charge is -2.47. The monoisotopic (exact) mass is 266 g/mol. The van der Waals surface area contributed by atoms with E-state index in [1.165, 1.54) is 50.5 Å². The van der Waals surface area contributed by atoms with E-state index in [4.69, 9.17) is 0 Å². The van der Waals surface area contributed by atoms with E-state index in [0.717, 1.165) is 11.8 Å². The Kier molecular flexibility index (Phi) is 2.68. The Morgan fingerprint density at radius 1 is 1.20 bits per heavy atom. The van der Waals surface area contributed by atoms with Crippen LogP contribution in [0.1, 0.15) is 58.8 Å². The van der Waals surface area contributed by atoms with Crippen LogP contribution < -0.4 is 0 Å². The minimum absolute atomic E-state index is 0.367. The molecule has 4 aliphatic rings. The van der Waals surface area contributed by atoms with Gasteiger partial charge in [0.1, 0.15) is 0 Å². The molecule has 0 fully saturated rings. The van der Waals surface area contributed by atoms with Crippen molar-refractivity contribution >= 4 is 0 Å². The summed E-state index contributed by atoms with van der Waals surface area (Å²) in [7, 11) is 0. The summed E-state index contributed by atoms with van der Waals surface area (Å²) in [4.78, 5) is 0. The maximum atomic E-state index is 4.20. The van der Waals surface area contributed by atoms with Crippen molar-refractivity contribution in [3.63, 3.8) is 0 Å². The molecule has 3 unspecified atom stereocenters. The van der Waals surface area contributed by atoms with Gasteiger partial charge in [-0.05, 0) is 67.9 Å². The zero-order chi connectivity index (χ0) is 13.9. The van der Waals surface area contributed by atoms with Crippen LogP contribution in [0.2, 0.25) is 0 Å². The molecule has 106 valence electrons. The molecule has 0 heterocycles. The Hall–Kier alpha value is -1.04. The van der Waals surface area contributed by atoms with Crippen molar-refractivity contribution in [1.82, 2.24) is 0 Å². The molecule has 0 heteroatoms. The Bertz CT molecular complexity index is 569. The highest BCUT2D eigenvalue weighted by atomic mass is 14.5. The molecule has 0 aromatic heterocycles. The molecule has 4 aliphatic carbocycles. The number of hydrogen-bond donors (Lipinski definition) is 0. The van der Waals surface area contributed by atoms with Crippen LogP contribution in [0.5, 0.6) is 0 Å². The largest absolute Gasteiger partial charge is 0.0958 e. The van der Waals surface area contributed by atoms with Gasteiger partial charge >= 0.3 is 0 Å². The van der Waals surface area contributed by atoms with Gasteiger partial charge in [-0.1, -0.05) is 49.3 Å². The number of allylic oxidation sites excluding steroid dienone is 7. The molecule has 0 spiro atoms. The van der Waals surface area contributed by atoms with Crippen molar-refractivity contribution in [1.29, 1.82) is 0 Å². The van der Waals surface area contributed by atoms with Crippen molar-refractivity contribution in [2.75, 3.05) is 0 Å². The molecule has 4 rings (SSSR count). The summed E-state index contributed by atoms with van der Waals surface area (Å²) in [5, 5.41) is 0. The molecule has 0 radical (unpaired) electrons. The highest BCUT2D eigenvalue weighted by Gasteiger charge is 2.44. The number of fused-ring (bicyclic) bond motifs is 4. The summed E-state index contributed by atoms with van der Waals surface area (Å²) >= 11 is 0. The molecule has 3 atom stereocenters. The first-order chi connectivity index (χ1) is 9.59. The fourth-order valence-electron chi connectivity index (χ4n) is 5.25. The van der Waals surface area contributed by atoms with Crippen LogP contribution in [-0.4, -0.2) is 0 Å². The molecule has 0 bridgehead atoms. The van der Waals surface area contributed by atoms with Crippen LogP contribution in [0.25, 0.3) is 0 Å². The predicted molar refractivity (Wildman–Crippen MR) is 85.4 cm³/mol. The van der Waals surface area contributed by atoms with E-state index in [1.54, 1.807) is 22.3 Å². The fraction of sp³-hybridized carbons (Fsp3) is 0.600. The third-order valence-electron chi connectivity index (χ3n) is 6.56. The first-order valence-electron chi connectivity index (χ1n) is 8.41. The normalized spacial score (nSPS) is 39.8. The molecular formula is C20H26. The average Bonchev–Trinajstić information content (AvgIpc) is 2.82. The summed E-state index contributed by atoms with van der Waals surface area (Å²) < 4.78 is 0. The predicted octanol–water partition coefficient (Wildman–Crippen LogP) is 5.74. The van der Waals surface area contributed by atoms with Gasteiger partial charge in [-0.3, -0.25) is 0 Å². The summed E-state index contributed by atoms with van der Waals surface area (Å²) in [6.07, 6.45) is 14.1. The van der Waals surface area contributed by atoms with E-state index in [9.17, 15) is 0 Å². The van der Waals surface area contributed by atoms with E-state index in [1.807, 2.05) is 0 Å². The van der Waals surface area contributed by atoms with E-state index in [0.29, 0.717) is 5.41 Å². The Balaban J connectivity index is 1.81. The summed E-state index contributed by atoms with van der Waals surface area (Å²) in [6.45, 7) is 9.16. The topological polar surface area (TPSA) is 0 Å². The Morgan fingerprint density at radius 2 is 2.05 bits per heavy atom. The lowest BCUT2D eigenvalue weighted by Crippen LogP contribution is -2.33. The average molecular weight is 266 g/mol. The molecular weight excluding hydrogens is 240 g/mol. The van der Waals surface area contributed by atoms with Gasteiger partial charge in [-0.25, -0.2) is 0 Å². The second-order valence-corrected chi connectivity index (χ2v) is 7.63. The van der Waals surface area contributed by atoms with Crippen LogP contribution in [0, 0.1) is 17.3 Å². The van der Waals surface area contributed by atoms with Crippen molar-refractivity contribution in [2.24, 2.45) is 17.3 Å².